The van der Waals surface area contributed by atoms with Gasteiger partial charge < -0.3 is 9.80 Å². The number of nitrogens with zero attached hydrogens (tertiary/aromatic N) is 3. The monoisotopic (exact) mass is 417 g/mol. The minimum atomic E-state index is 0.253. The number of rotatable bonds is 5. The maximum Gasteiger partial charge on any atom is 0.228 e. The van der Waals surface area contributed by atoms with Gasteiger partial charge in [-0.3, -0.25) is 4.79 Å². The second-order valence-corrected chi connectivity index (χ2v) is 9.66. The van der Waals surface area contributed by atoms with Gasteiger partial charge in [-0.25, -0.2) is 4.98 Å². The predicted octanol–water partition coefficient (Wildman–Crippen LogP) is 4.79. The van der Waals surface area contributed by atoms with Crippen LogP contribution in [0.3, 0.4) is 0 Å². The molecule has 2 fully saturated rings. The molecule has 3 heterocycles. The lowest BCUT2D eigenvalue weighted by molar-refractivity contribution is -0.134. The van der Waals surface area contributed by atoms with Crippen molar-refractivity contribution in [3.8, 4) is 11.3 Å². The molecular formula is C22H28ClN3OS. The van der Waals surface area contributed by atoms with E-state index in [2.05, 4.69) is 9.80 Å². The molecule has 0 unspecified atom stereocenters. The number of hydrogen-bond donors (Lipinski definition) is 0. The van der Waals surface area contributed by atoms with Crippen LogP contribution >= 0.6 is 22.9 Å². The average molecular weight is 418 g/mol. The lowest BCUT2D eigenvalue weighted by atomic mass is 10.0. The first-order valence-electron chi connectivity index (χ1n) is 10.3. The Hall–Kier alpha value is -1.43. The quantitative estimate of drug-likeness (QED) is 0.701. The lowest BCUT2D eigenvalue weighted by Crippen LogP contribution is -2.49. The van der Waals surface area contributed by atoms with E-state index in [4.69, 9.17) is 16.6 Å². The number of aryl methyl sites for hydroxylation is 1. The zero-order valence-electron chi connectivity index (χ0n) is 16.5. The smallest absolute Gasteiger partial charge is 0.228 e. The summed E-state index contributed by atoms with van der Waals surface area (Å²) in [4.78, 5) is 23.7. The van der Waals surface area contributed by atoms with Gasteiger partial charge in [0.1, 0.15) is 0 Å². The third-order valence-electron chi connectivity index (χ3n) is 5.85. The molecule has 0 saturated carbocycles. The van der Waals surface area contributed by atoms with E-state index in [1.807, 2.05) is 31.2 Å². The Morgan fingerprint density at radius 3 is 2.61 bits per heavy atom. The summed E-state index contributed by atoms with van der Waals surface area (Å²) in [5.41, 5.74) is 1.96. The maximum atomic E-state index is 13.3. The molecule has 6 heteroatoms. The van der Waals surface area contributed by atoms with Crippen LogP contribution in [0.4, 0.5) is 0 Å². The largest absolute Gasteiger partial charge is 0.338 e. The zero-order valence-corrected chi connectivity index (χ0v) is 18.1. The van der Waals surface area contributed by atoms with Crippen LogP contribution in [-0.2, 0) is 11.2 Å². The Balaban J connectivity index is 1.50. The van der Waals surface area contributed by atoms with Gasteiger partial charge >= 0.3 is 0 Å². The lowest BCUT2D eigenvalue weighted by Gasteiger charge is -2.38. The van der Waals surface area contributed by atoms with Gasteiger partial charge in [0.15, 0.2) is 0 Å². The molecule has 28 heavy (non-hydrogen) atoms. The number of likely N-dealkylation sites (tertiary alicyclic amines) is 2. The van der Waals surface area contributed by atoms with Gasteiger partial charge in [-0.15, -0.1) is 11.3 Å². The Kier molecular flexibility index (Phi) is 6.34. The molecule has 4 rings (SSSR count). The van der Waals surface area contributed by atoms with Crippen molar-refractivity contribution in [2.75, 3.05) is 26.2 Å². The average Bonchev–Trinajstić information content (AvgIpc) is 3.32. The number of carbonyl (C=O) groups is 1. The first-order chi connectivity index (χ1) is 13.6. The fourth-order valence-electron chi connectivity index (χ4n) is 4.44. The summed E-state index contributed by atoms with van der Waals surface area (Å²) < 4.78 is 0. The number of amides is 1. The van der Waals surface area contributed by atoms with Crippen molar-refractivity contribution < 1.29 is 4.79 Å². The summed E-state index contributed by atoms with van der Waals surface area (Å²) >= 11 is 7.67. The van der Waals surface area contributed by atoms with Crippen LogP contribution in [0.25, 0.3) is 11.3 Å². The highest BCUT2D eigenvalue weighted by Gasteiger charge is 2.30. The first kappa shape index (κ1) is 19.9. The van der Waals surface area contributed by atoms with Crippen molar-refractivity contribution >= 4 is 28.8 Å². The van der Waals surface area contributed by atoms with Crippen LogP contribution in [0.1, 0.15) is 42.0 Å². The molecule has 4 nitrogen and oxygen atoms in total. The SMILES string of the molecule is Cc1nc(-c2ccc(Cl)cc2)c(CC(=O)N2CCCC[C@@H]2CN2CCCC2)s1. The Morgan fingerprint density at radius 2 is 1.86 bits per heavy atom. The van der Waals surface area contributed by atoms with E-state index in [-0.39, 0.29) is 5.91 Å². The van der Waals surface area contributed by atoms with Crippen LogP contribution in [0.15, 0.2) is 24.3 Å². The standard InChI is InChI=1S/C22H28ClN3OS/c1-16-24-22(17-7-9-18(23)10-8-17)20(28-16)14-21(27)26-13-3-2-6-19(26)15-25-11-4-5-12-25/h7-10,19H,2-6,11-15H2,1H3/t19-/m1/s1. The molecule has 0 bridgehead atoms. The van der Waals surface area contributed by atoms with Gasteiger partial charge in [0.05, 0.1) is 17.1 Å². The minimum absolute atomic E-state index is 0.253. The molecule has 1 amide bonds. The van der Waals surface area contributed by atoms with Gasteiger partial charge in [-0.05, 0) is 64.3 Å². The number of benzene rings is 1. The van der Waals surface area contributed by atoms with E-state index in [0.717, 1.165) is 47.1 Å². The minimum Gasteiger partial charge on any atom is -0.338 e. The molecule has 1 aromatic carbocycles. The highest BCUT2D eigenvalue weighted by molar-refractivity contribution is 7.12. The van der Waals surface area contributed by atoms with E-state index in [1.165, 1.54) is 32.4 Å². The zero-order chi connectivity index (χ0) is 19.5. The van der Waals surface area contributed by atoms with Gasteiger partial charge in [0.2, 0.25) is 5.91 Å². The molecule has 0 aliphatic carbocycles. The van der Waals surface area contributed by atoms with Crippen molar-refractivity contribution in [3.63, 3.8) is 0 Å². The summed E-state index contributed by atoms with van der Waals surface area (Å²) in [6.45, 7) is 6.32. The molecule has 0 N–H and O–H groups in total. The number of hydrogen-bond acceptors (Lipinski definition) is 4. The van der Waals surface area contributed by atoms with Crippen LogP contribution in [0, 0.1) is 6.92 Å². The number of halogens is 1. The summed E-state index contributed by atoms with van der Waals surface area (Å²) in [5.74, 6) is 0.253. The van der Waals surface area contributed by atoms with E-state index in [9.17, 15) is 4.79 Å². The first-order valence-corrected chi connectivity index (χ1v) is 11.5. The highest BCUT2D eigenvalue weighted by Crippen LogP contribution is 2.30. The van der Waals surface area contributed by atoms with Crippen LogP contribution < -0.4 is 0 Å². The fraction of sp³-hybridized carbons (Fsp3) is 0.545. The van der Waals surface area contributed by atoms with Crippen LogP contribution in [0.5, 0.6) is 0 Å². The topological polar surface area (TPSA) is 36.4 Å². The third-order valence-corrected chi connectivity index (χ3v) is 7.07. The third kappa shape index (κ3) is 4.58. The van der Waals surface area contributed by atoms with E-state index in [1.54, 1.807) is 11.3 Å². The van der Waals surface area contributed by atoms with Crippen molar-refractivity contribution in [2.45, 2.75) is 51.5 Å². The molecule has 150 valence electrons. The number of carbonyl (C=O) groups excluding carboxylic acids is 1. The predicted molar refractivity (Wildman–Crippen MR) is 116 cm³/mol. The molecule has 0 spiro atoms. The van der Waals surface area contributed by atoms with E-state index in [0.29, 0.717) is 17.5 Å². The number of piperidine rings is 1. The number of aromatic nitrogens is 1. The molecule has 2 aromatic rings. The van der Waals surface area contributed by atoms with E-state index < -0.39 is 0 Å². The summed E-state index contributed by atoms with van der Waals surface area (Å²) in [6, 6.07) is 8.11. The van der Waals surface area contributed by atoms with Crippen molar-refractivity contribution in [2.24, 2.45) is 0 Å². The van der Waals surface area contributed by atoms with Gasteiger partial charge in [0, 0.05) is 34.6 Å². The molecule has 2 aliphatic rings. The molecule has 1 aromatic heterocycles. The number of thiazole rings is 1. The summed E-state index contributed by atoms with van der Waals surface area (Å²) in [5, 5.41) is 1.71. The van der Waals surface area contributed by atoms with Crippen molar-refractivity contribution in [1.29, 1.82) is 0 Å². The Morgan fingerprint density at radius 1 is 1.14 bits per heavy atom. The van der Waals surface area contributed by atoms with Crippen LogP contribution in [0.2, 0.25) is 5.02 Å². The normalized spacial score (nSPS) is 20.6. The second kappa shape index (κ2) is 8.93. The second-order valence-electron chi connectivity index (χ2n) is 7.93. The van der Waals surface area contributed by atoms with Crippen molar-refractivity contribution in [1.82, 2.24) is 14.8 Å². The molecule has 2 saturated heterocycles. The van der Waals surface area contributed by atoms with Crippen molar-refractivity contribution in [3.05, 3.63) is 39.2 Å². The molecule has 0 radical (unpaired) electrons. The van der Waals surface area contributed by atoms with Gasteiger partial charge in [-0.1, -0.05) is 23.7 Å². The Labute approximate surface area is 176 Å². The maximum absolute atomic E-state index is 13.3. The van der Waals surface area contributed by atoms with Gasteiger partial charge in [0.25, 0.3) is 0 Å². The van der Waals surface area contributed by atoms with Crippen LogP contribution in [-0.4, -0.2) is 52.9 Å². The summed E-state index contributed by atoms with van der Waals surface area (Å²) in [6.07, 6.45) is 6.52. The molecular weight excluding hydrogens is 390 g/mol. The summed E-state index contributed by atoms with van der Waals surface area (Å²) in [7, 11) is 0. The molecule has 1 atom stereocenters. The fourth-order valence-corrected chi connectivity index (χ4v) is 5.52. The Bertz CT molecular complexity index is 814. The molecule has 2 aliphatic heterocycles. The highest BCUT2D eigenvalue weighted by atomic mass is 35.5. The van der Waals surface area contributed by atoms with Gasteiger partial charge in [-0.2, -0.15) is 0 Å². The van der Waals surface area contributed by atoms with E-state index >= 15 is 0 Å².